The van der Waals surface area contributed by atoms with E-state index in [1.54, 1.807) is 6.20 Å². The molecule has 0 saturated heterocycles. The maximum absolute atomic E-state index is 5.79. The van der Waals surface area contributed by atoms with Gasteiger partial charge in [-0.1, -0.05) is 0 Å². The zero-order valence-corrected chi connectivity index (χ0v) is 10.3. The van der Waals surface area contributed by atoms with E-state index in [0.29, 0.717) is 5.88 Å². The fraction of sp³-hybridized carbons (Fsp3) is 0.455. The Labute approximate surface area is 99.8 Å². The summed E-state index contributed by atoms with van der Waals surface area (Å²) in [5.41, 5.74) is 2.03. The molecule has 0 bridgehead atoms. The molecule has 0 atom stereocenters. The Kier molecular flexibility index (Phi) is 3.29. The fourth-order valence-corrected chi connectivity index (χ4v) is 1.99. The van der Waals surface area contributed by atoms with E-state index in [0.717, 1.165) is 30.1 Å². The van der Waals surface area contributed by atoms with Crippen LogP contribution in [0.25, 0.3) is 5.52 Å². The van der Waals surface area contributed by atoms with Crippen LogP contribution in [0.3, 0.4) is 0 Å². The minimum atomic E-state index is 0.601. The molecule has 0 aromatic carbocycles. The lowest BCUT2D eigenvalue weighted by atomic mass is 10.3. The molecule has 0 radical (unpaired) electrons. The third kappa shape index (κ3) is 1.97. The van der Waals surface area contributed by atoms with Crippen LogP contribution < -0.4 is 4.90 Å². The normalized spacial score (nSPS) is 10.9. The third-order valence-corrected chi connectivity index (χ3v) is 2.70. The van der Waals surface area contributed by atoms with Crippen LogP contribution in [0.5, 0.6) is 0 Å². The van der Waals surface area contributed by atoms with Gasteiger partial charge in [-0.25, -0.2) is 9.50 Å². The summed E-state index contributed by atoms with van der Waals surface area (Å²) in [6.45, 7) is 5.77. The van der Waals surface area contributed by atoms with E-state index in [1.807, 2.05) is 23.7 Å². The Bertz CT molecular complexity index is 480. The van der Waals surface area contributed by atoms with E-state index in [1.165, 1.54) is 0 Å². The molecule has 5 heteroatoms. The number of hydrogen-bond acceptors (Lipinski definition) is 3. The number of anilines is 1. The lowest BCUT2D eigenvalue weighted by molar-refractivity contribution is 0.837. The van der Waals surface area contributed by atoms with E-state index in [4.69, 9.17) is 11.6 Å². The van der Waals surface area contributed by atoms with Gasteiger partial charge in [0, 0.05) is 31.4 Å². The van der Waals surface area contributed by atoms with Crippen molar-refractivity contribution in [1.29, 1.82) is 0 Å². The molecule has 4 nitrogen and oxygen atoms in total. The van der Waals surface area contributed by atoms with Crippen LogP contribution in [0.2, 0.25) is 0 Å². The van der Waals surface area contributed by atoms with Gasteiger partial charge in [0.2, 0.25) is 0 Å². The van der Waals surface area contributed by atoms with Gasteiger partial charge in [0.15, 0.2) is 5.82 Å². The first kappa shape index (κ1) is 11.2. The van der Waals surface area contributed by atoms with Gasteiger partial charge in [-0.15, -0.1) is 11.6 Å². The number of aromatic nitrogens is 3. The molecular weight excluding hydrogens is 224 g/mol. The molecule has 0 aliphatic heterocycles. The number of aryl methyl sites for hydroxylation is 1. The van der Waals surface area contributed by atoms with Gasteiger partial charge in [0.05, 0.1) is 5.69 Å². The topological polar surface area (TPSA) is 33.4 Å². The van der Waals surface area contributed by atoms with Crippen LogP contribution in [0.1, 0.15) is 12.6 Å². The molecule has 2 rings (SSSR count). The van der Waals surface area contributed by atoms with Crippen molar-refractivity contribution in [2.45, 2.75) is 13.8 Å². The first-order valence-electron chi connectivity index (χ1n) is 5.38. The van der Waals surface area contributed by atoms with Gasteiger partial charge in [-0.3, -0.25) is 0 Å². The van der Waals surface area contributed by atoms with Crippen LogP contribution in [-0.4, -0.2) is 33.6 Å². The van der Waals surface area contributed by atoms with Crippen molar-refractivity contribution in [2.75, 3.05) is 23.9 Å². The Morgan fingerprint density at radius 1 is 1.50 bits per heavy atom. The minimum absolute atomic E-state index is 0.601. The number of alkyl halides is 1. The number of nitrogens with zero attached hydrogens (tertiary/aromatic N) is 4. The maximum atomic E-state index is 5.79. The standard InChI is InChI=1S/C11H15ClN4/c1-3-15(6-4-12)11-10-8-9(2)14-16(10)7-5-13-11/h5,7-8H,3-4,6H2,1-2H3. The first-order valence-corrected chi connectivity index (χ1v) is 5.91. The van der Waals surface area contributed by atoms with Crippen molar-refractivity contribution >= 4 is 22.9 Å². The average molecular weight is 239 g/mol. The Morgan fingerprint density at radius 2 is 2.31 bits per heavy atom. The molecule has 0 saturated carbocycles. The van der Waals surface area contributed by atoms with Crippen molar-refractivity contribution in [3.8, 4) is 0 Å². The van der Waals surface area contributed by atoms with E-state index >= 15 is 0 Å². The summed E-state index contributed by atoms with van der Waals surface area (Å²) < 4.78 is 1.86. The Balaban J connectivity index is 2.49. The average Bonchev–Trinajstić information content (AvgIpc) is 2.66. The van der Waals surface area contributed by atoms with Gasteiger partial charge in [-0.05, 0) is 19.9 Å². The monoisotopic (exact) mass is 238 g/mol. The summed E-state index contributed by atoms with van der Waals surface area (Å²) in [5, 5.41) is 4.37. The van der Waals surface area contributed by atoms with Crippen LogP contribution in [0.15, 0.2) is 18.5 Å². The van der Waals surface area contributed by atoms with Crippen molar-refractivity contribution in [3.63, 3.8) is 0 Å². The molecule has 0 aliphatic rings. The summed E-state index contributed by atoms with van der Waals surface area (Å²) in [4.78, 5) is 6.57. The van der Waals surface area contributed by atoms with Crippen LogP contribution in [-0.2, 0) is 0 Å². The summed E-state index contributed by atoms with van der Waals surface area (Å²) in [5.74, 6) is 1.55. The molecule has 0 amide bonds. The summed E-state index contributed by atoms with van der Waals surface area (Å²) >= 11 is 5.79. The second-order valence-electron chi connectivity index (χ2n) is 3.64. The predicted octanol–water partition coefficient (Wildman–Crippen LogP) is 2.10. The number of fused-ring (bicyclic) bond motifs is 1. The van der Waals surface area contributed by atoms with E-state index in [-0.39, 0.29) is 0 Å². The van der Waals surface area contributed by atoms with Gasteiger partial charge in [0.1, 0.15) is 5.52 Å². The van der Waals surface area contributed by atoms with E-state index in [2.05, 4.69) is 21.9 Å². The predicted molar refractivity (Wildman–Crippen MR) is 66.3 cm³/mol. The van der Waals surface area contributed by atoms with Crippen molar-refractivity contribution < 1.29 is 0 Å². The molecule has 0 aliphatic carbocycles. The molecule has 0 fully saturated rings. The molecule has 16 heavy (non-hydrogen) atoms. The highest BCUT2D eigenvalue weighted by Gasteiger charge is 2.11. The smallest absolute Gasteiger partial charge is 0.154 e. The van der Waals surface area contributed by atoms with E-state index < -0.39 is 0 Å². The first-order chi connectivity index (χ1) is 7.76. The van der Waals surface area contributed by atoms with E-state index in [9.17, 15) is 0 Å². The molecule has 2 heterocycles. The molecule has 0 unspecified atom stereocenters. The quantitative estimate of drug-likeness (QED) is 0.765. The zero-order valence-electron chi connectivity index (χ0n) is 9.52. The van der Waals surface area contributed by atoms with Crippen molar-refractivity contribution in [3.05, 3.63) is 24.2 Å². The third-order valence-electron chi connectivity index (χ3n) is 2.53. The Morgan fingerprint density at radius 3 is 3.00 bits per heavy atom. The Hall–Kier alpha value is -1.29. The summed E-state index contributed by atoms with van der Waals surface area (Å²) in [6.07, 6.45) is 3.63. The second-order valence-corrected chi connectivity index (χ2v) is 4.01. The highest BCUT2D eigenvalue weighted by Crippen LogP contribution is 2.19. The molecule has 2 aromatic heterocycles. The van der Waals surface area contributed by atoms with Crippen LogP contribution in [0.4, 0.5) is 5.82 Å². The van der Waals surface area contributed by atoms with Gasteiger partial charge in [-0.2, -0.15) is 5.10 Å². The minimum Gasteiger partial charge on any atom is -0.354 e. The highest BCUT2D eigenvalue weighted by atomic mass is 35.5. The molecule has 86 valence electrons. The largest absolute Gasteiger partial charge is 0.354 e. The van der Waals surface area contributed by atoms with Crippen LogP contribution >= 0.6 is 11.6 Å². The number of hydrogen-bond donors (Lipinski definition) is 0. The van der Waals surface area contributed by atoms with Gasteiger partial charge >= 0.3 is 0 Å². The summed E-state index contributed by atoms with van der Waals surface area (Å²) in [6, 6.07) is 2.04. The van der Waals surface area contributed by atoms with Crippen molar-refractivity contribution in [2.24, 2.45) is 0 Å². The highest BCUT2D eigenvalue weighted by molar-refractivity contribution is 6.18. The molecule has 2 aromatic rings. The lowest BCUT2D eigenvalue weighted by Crippen LogP contribution is -2.26. The van der Waals surface area contributed by atoms with Crippen LogP contribution in [0, 0.1) is 6.92 Å². The van der Waals surface area contributed by atoms with Crippen molar-refractivity contribution in [1.82, 2.24) is 14.6 Å². The molecule has 0 N–H and O–H groups in total. The fourth-order valence-electron chi connectivity index (χ4n) is 1.79. The summed E-state index contributed by atoms with van der Waals surface area (Å²) in [7, 11) is 0. The molecular formula is C11H15ClN4. The van der Waals surface area contributed by atoms with Gasteiger partial charge in [0.25, 0.3) is 0 Å². The number of rotatable bonds is 4. The SMILES string of the molecule is CCN(CCCl)c1nccn2nc(C)cc12. The second kappa shape index (κ2) is 4.70. The maximum Gasteiger partial charge on any atom is 0.154 e. The zero-order chi connectivity index (χ0) is 11.5. The lowest BCUT2D eigenvalue weighted by Gasteiger charge is -2.20. The van der Waals surface area contributed by atoms with Gasteiger partial charge < -0.3 is 4.90 Å². The molecule has 0 spiro atoms. The number of halogens is 1.